The zero-order valence-corrected chi connectivity index (χ0v) is 24.1. The summed E-state index contributed by atoms with van der Waals surface area (Å²) in [6, 6.07) is 19.8. The number of rotatable bonds is 3. The van der Waals surface area contributed by atoms with Crippen LogP contribution in [0.4, 0.5) is 0 Å². The minimum atomic E-state index is -0.473. The zero-order chi connectivity index (χ0) is 29.9. The molecular formula is C33H34N4O6. The van der Waals surface area contributed by atoms with Gasteiger partial charge in [-0.3, -0.25) is 14.4 Å². The van der Waals surface area contributed by atoms with E-state index in [2.05, 4.69) is 15.6 Å². The van der Waals surface area contributed by atoms with Gasteiger partial charge >= 0.3 is 0 Å². The largest absolute Gasteiger partial charge is 0.493 e. The lowest BCUT2D eigenvalue weighted by molar-refractivity contribution is -0.133. The van der Waals surface area contributed by atoms with Crippen molar-refractivity contribution in [1.82, 2.24) is 20.5 Å². The van der Waals surface area contributed by atoms with Gasteiger partial charge in [-0.2, -0.15) is 0 Å². The number of amides is 3. The van der Waals surface area contributed by atoms with Crippen LogP contribution in [0.15, 0.2) is 66.7 Å². The van der Waals surface area contributed by atoms with Gasteiger partial charge in [0.2, 0.25) is 5.91 Å². The van der Waals surface area contributed by atoms with Crippen LogP contribution >= 0.6 is 0 Å². The van der Waals surface area contributed by atoms with E-state index in [-0.39, 0.29) is 42.6 Å². The Morgan fingerprint density at radius 3 is 2.70 bits per heavy atom. The number of hydrogen-bond donors (Lipinski definition) is 3. The number of aromatic amines is 1. The average Bonchev–Trinajstić information content (AvgIpc) is 3.34. The molecule has 3 aromatic carbocycles. The topological polar surface area (TPSA) is 122 Å². The number of hydrogen-bond acceptors (Lipinski definition) is 6. The molecule has 3 amide bonds. The van der Waals surface area contributed by atoms with Crippen LogP contribution in [0.1, 0.15) is 33.6 Å². The molecule has 4 bridgehead atoms. The fourth-order valence-electron chi connectivity index (χ4n) is 5.70. The Morgan fingerprint density at radius 1 is 1.07 bits per heavy atom. The van der Waals surface area contributed by atoms with Gasteiger partial charge < -0.3 is 34.7 Å². The number of likely N-dealkylation sites (tertiary alicyclic amines) is 1. The second-order valence-corrected chi connectivity index (χ2v) is 10.9. The minimum Gasteiger partial charge on any atom is -0.493 e. The lowest BCUT2D eigenvalue weighted by Gasteiger charge is -2.39. The molecule has 7 rings (SSSR count). The predicted molar refractivity (Wildman–Crippen MR) is 160 cm³/mol. The van der Waals surface area contributed by atoms with Crippen molar-refractivity contribution < 1.29 is 28.6 Å². The Balaban J connectivity index is 1.27. The van der Waals surface area contributed by atoms with E-state index in [4.69, 9.17) is 14.2 Å². The number of ether oxygens (including phenoxy) is 3. The van der Waals surface area contributed by atoms with E-state index in [1.54, 1.807) is 23.1 Å². The lowest BCUT2D eigenvalue weighted by atomic mass is 9.99. The van der Waals surface area contributed by atoms with Gasteiger partial charge in [-0.1, -0.05) is 30.3 Å². The van der Waals surface area contributed by atoms with E-state index in [9.17, 15) is 14.4 Å². The maximum absolute atomic E-state index is 13.6. The van der Waals surface area contributed by atoms with Gasteiger partial charge in [0.1, 0.15) is 11.9 Å². The molecule has 3 aliphatic heterocycles. The van der Waals surface area contributed by atoms with E-state index in [0.29, 0.717) is 43.1 Å². The molecule has 2 atom stereocenters. The van der Waals surface area contributed by atoms with Crippen LogP contribution in [0, 0.1) is 6.92 Å². The molecular weight excluding hydrogens is 548 g/mol. The first-order chi connectivity index (χ1) is 20.9. The molecule has 0 radical (unpaired) electrons. The number of nitrogens with zero attached hydrogens (tertiary/aromatic N) is 1. The summed E-state index contributed by atoms with van der Waals surface area (Å²) < 4.78 is 17.5. The molecule has 10 nitrogen and oxygen atoms in total. The first-order valence-electron chi connectivity index (χ1n) is 14.4. The van der Waals surface area contributed by atoms with E-state index < -0.39 is 6.04 Å². The summed E-state index contributed by atoms with van der Waals surface area (Å²) in [5.74, 6) is 0.664. The van der Waals surface area contributed by atoms with Crippen LogP contribution in [0.25, 0.3) is 10.9 Å². The highest BCUT2D eigenvalue weighted by Crippen LogP contribution is 2.29. The monoisotopic (exact) mass is 582 g/mol. The van der Waals surface area contributed by atoms with Crippen molar-refractivity contribution in [2.24, 2.45) is 0 Å². The molecule has 1 fully saturated rings. The summed E-state index contributed by atoms with van der Waals surface area (Å²) in [6.45, 7) is 2.88. The number of aryl methyl sites for hydroxylation is 1. The molecule has 1 saturated heterocycles. The second-order valence-electron chi connectivity index (χ2n) is 10.9. The third-order valence-electron chi connectivity index (χ3n) is 8.06. The molecule has 0 aliphatic carbocycles. The molecule has 0 unspecified atom stereocenters. The van der Waals surface area contributed by atoms with Crippen LogP contribution in [0.2, 0.25) is 0 Å². The number of para-hydroxylation sites is 1. The van der Waals surface area contributed by atoms with Crippen molar-refractivity contribution in [2.75, 3.05) is 26.8 Å². The van der Waals surface area contributed by atoms with Gasteiger partial charge in [-0.15, -0.1) is 0 Å². The molecule has 3 aliphatic rings. The van der Waals surface area contributed by atoms with Crippen molar-refractivity contribution in [3.05, 3.63) is 89.1 Å². The standard InChI is InChI=1S/C33H34N4O6/c1-20-25(24-5-3-4-6-26(24)35-20)16-32(39)37-14-13-28-27(18-37)36-33(40)22-9-12-29(41-2)30(15-22)42-19-31(38)34-17-21-7-10-23(43-28)11-8-21/h3-12,15,27-28,35H,13-14,16-19H2,1-2H3,(H,34,38)(H,36,40)/t27-,28+/m0/s1. The van der Waals surface area contributed by atoms with Crippen molar-refractivity contribution in [3.8, 4) is 17.2 Å². The maximum Gasteiger partial charge on any atom is 0.258 e. The Kier molecular flexibility index (Phi) is 7.91. The van der Waals surface area contributed by atoms with Crippen LogP contribution in [-0.2, 0) is 22.6 Å². The zero-order valence-electron chi connectivity index (χ0n) is 24.1. The van der Waals surface area contributed by atoms with Crippen LogP contribution in [0.3, 0.4) is 0 Å². The van der Waals surface area contributed by atoms with E-state index in [1.807, 2.05) is 55.5 Å². The van der Waals surface area contributed by atoms with Crippen LogP contribution in [-0.4, -0.2) is 66.6 Å². The van der Waals surface area contributed by atoms with Crippen LogP contribution < -0.4 is 24.8 Å². The first kappa shape index (κ1) is 28.1. The first-order valence-corrected chi connectivity index (χ1v) is 14.4. The molecule has 4 aromatic rings. The summed E-state index contributed by atoms with van der Waals surface area (Å²) in [5, 5.41) is 6.98. The predicted octanol–water partition coefficient (Wildman–Crippen LogP) is 3.51. The molecule has 0 spiro atoms. The van der Waals surface area contributed by atoms with Gasteiger partial charge in [0.05, 0.1) is 19.6 Å². The van der Waals surface area contributed by atoms with E-state index in [1.165, 1.54) is 7.11 Å². The van der Waals surface area contributed by atoms with Crippen LogP contribution in [0.5, 0.6) is 17.2 Å². The number of carbonyl (C=O) groups is 3. The van der Waals surface area contributed by atoms with Crippen molar-refractivity contribution >= 4 is 28.6 Å². The summed E-state index contributed by atoms with van der Waals surface area (Å²) in [4.78, 5) is 44.7. The smallest absolute Gasteiger partial charge is 0.258 e. The molecule has 0 saturated carbocycles. The Bertz CT molecular complexity index is 1660. The third-order valence-corrected chi connectivity index (χ3v) is 8.06. The number of carbonyl (C=O) groups excluding carboxylic acids is 3. The normalized spacial score (nSPS) is 19.0. The molecule has 3 N–H and O–H groups in total. The Labute approximate surface area is 249 Å². The third kappa shape index (κ3) is 6.13. The number of aromatic nitrogens is 1. The fourth-order valence-corrected chi connectivity index (χ4v) is 5.70. The number of methoxy groups -OCH3 is 1. The molecule has 43 heavy (non-hydrogen) atoms. The van der Waals surface area contributed by atoms with Gasteiger partial charge in [-0.05, 0) is 54.4 Å². The molecule has 1 aromatic heterocycles. The average molecular weight is 583 g/mol. The van der Waals surface area contributed by atoms with Crippen molar-refractivity contribution in [3.63, 3.8) is 0 Å². The highest BCUT2D eigenvalue weighted by Gasteiger charge is 2.35. The van der Waals surface area contributed by atoms with Gasteiger partial charge in [0.25, 0.3) is 11.8 Å². The second kappa shape index (κ2) is 12.1. The van der Waals surface area contributed by atoms with Gasteiger partial charge in [0.15, 0.2) is 18.1 Å². The summed E-state index contributed by atoms with van der Waals surface area (Å²) in [6.07, 6.45) is 0.436. The van der Waals surface area contributed by atoms with E-state index in [0.717, 1.165) is 27.7 Å². The number of piperidine rings is 1. The Hall–Kier alpha value is -4.99. The van der Waals surface area contributed by atoms with E-state index >= 15 is 0 Å². The maximum atomic E-state index is 13.6. The minimum absolute atomic E-state index is 0.00871. The fraction of sp³-hybridized carbons (Fsp3) is 0.303. The highest BCUT2D eigenvalue weighted by atomic mass is 16.5. The molecule has 222 valence electrons. The number of fused-ring (bicyclic) bond motifs is 8. The Morgan fingerprint density at radius 2 is 1.88 bits per heavy atom. The molecule has 10 heteroatoms. The van der Waals surface area contributed by atoms with Gasteiger partial charge in [0, 0.05) is 48.2 Å². The number of nitrogens with one attached hydrogen (secondary N) is 3. The summed E-state index contributed by atoms with van der Waals surface area (Å²) >= 11 is 0. The lowest BCUT2D eigenvalue weighted by Crippen LogP contribution is -2.58. The molecule has 4 heterocycles. The van der Waals surface area contributed by atoms with Crippen molar-refractivity contribution in [2.45, 2.75) is 38.5 Å². The van der Waals surface area contributed by atoms with Crippen molar-refractivity contribution in [1.29, 1.82) is 0 Å². The van der Waals surface area contributed by atoms with Gasteiger partial charge in [-0.25, -0.2) is 0 Å². The summed E-state index contributed by atoms with van der Waals surface area (Å²) in [7, 11) is 1.49. The number of benzene rings is 3. The quantitative estimate of drug-likeness (QED) is 0.340. The number of H-pyrrole nitrogens is 1. The highest BCUT2D eigenvalue weighted by molar-refractivity contribution is 5.95. The SMILES string of the molecule is COc1ccc2cc1OCC(=O)NCc1ccc(cc1)O[C@@H]1CCN(C(=O)Cc3c(C)[nH]c4ccccc34)C[C@@H]1NC2=O. The summed E-state index contributed by atoms with van der Waals surface area (Å²) in [5.41, 5.74) is 4.20.